The van der Waals surface area contributed by atoms with Gasteiger partial charge in [-0.1, -0.05) is 0 Å². The average Bonchev–Trinajstić information content (AvgIpc) is 2.04. The third kappa shape index (κ3) is 2.02. The molecule has 0 unspecified atom stereocenters. The third-order valence-electron chi connectivity index (χ3n) is 1.32. The van der Waals surface area contributed by atoms with E-state index in [0.29, 0.717) is 11.7 Å². The van der Waals surface area contributed by atoms with E-state index in [9.17, 15) is 0 Å². The lowest BCUT2D eigenvalue weighted by atomic mass is 10.3. The second kappa shape index (κ2) is 3.80. The predicted octanol–water partition coefficient (Wildman–Crippen LogP) is 1.29. The number of nitrogens with one attached hydrogen (secondary N) is 2. The molecule has 2 N–H and O–H groups in total. The van der Waals surface area contributed by atoms with Crippen molar-refractivity contribution in [3.05, 3.63) is 18.2 Å². The Morgan fingerprint density at radius 3 is 2.92 bits per heavy atom. The van der Waals surface area contributed by atoms with E-state index < -0.39 is 0 Å². The second-order valence-corrected chi connectivity index (χ2v) is 2.77. The van der Waals surface area contributed by atoms with Gasteiger partial charge in [0.25, 0.3) is 0 Å². The van der Waals surface area contributed by atoms with Crippen LogP contribution in [0.15, 0.2) is 12.5 Å². The fourth-order valence-corrected chi connectivity index (χ4v) is 0.876. The molecule has 0 bridgehead atoms. The number of anilines is 1. The van der Waals surface area contributed by atoms with Gasteiger partial charge in [0.15, 0.2) is 0 Å². The van der Waals surface area contributed by atoms with Crippen molar-refractivity contribution in [3.63, 3.8) is 0 Å². The summed E-state index contributed by atoms with van der Waals surface area (Å²) in [6.07, 6.45) is 4.33. The molecule has 0 saturated carbocycles. The second-order valence-electron chi connectivity index (χ2n) is 2.77. The zero-order valence-corrected chi connectivity index (χ0v) is 7.20. The smallest absolute Gasteiger partial charge is 0.116 e. The van der Waals surface area contributed by atoms with Crippen molar-refractivity contribution in [1.82, 2.24) is 9.97 Å². The maximum absolute atomic E-state index is 7.07. The van der Waals surface area contributed by atoms with Crippen LogP contribution >= 0.6 is 0 Å². The van der Waals surface area contributed by atoms with E-state index in [-0.39, 0.29) is 0 Å². The first-order valence-corrected chi connectivity index (χ1v) is 3.81. The number of aromatic nitrogens is 2. The molecule has 12 heavy (non-hydrogen) atoms. The Morgan fingerprint density at radius 2 is 2.33 bits per heavy atom. The third-order valence-corrected chi connectivity index (χ3v) is 1.32. The molecule has 1 heterocycles. The molecule has 0 saturated heterocycles. The molecule has 0 aliphatic heterocycles. The van der Waals surface area contributed by atoms with Gasteiger partial charge in [-0.2, -0.15) is 0 Å². The van der Waals surface area contributed by atoms with Crippen LogP contribution in [0.2, 0.25) is 0 Å². The van der Waals surface area contributed by atoms with Crippen molar-refractivity contribution in [1.29, 1.82) is 5.41 Å². The van der Waals surface area contributed by atoms with Crippen molar-refractivity contribution >= 4 is 11.9 Å². The zero-order chi connectivity index (χ0) is 8.97. The summed E-state index contributed by atoms with van der Waals surface area (Å²) in [7, 11) is 0. The molecule has 0 aromatic carbocycles. The molecule has 1 aromatic heterocycles. The topological polar surface area (TPSA) is 61.7 Å². The van der Waals surface area contributed by atoms with Gasteiger partial charge < -0.3 is 10.7 Å². The molecular weight excluding hydrogens is 152 g/mol. The molecule has 4 nitrogen and oxygen atoms in total. The summed E-state index contributed by atoms with van der Waals surface area (Å²) in [5, 5.41) is 10.2. The normalized spacial score (nSPS) is 9.92. The molecular formula is C8H12N4. The Kier molecular flexibility index (Phi) is 2.74. The minimum absolute atomic E-state index is 0.328. The van der Waals surface area contributed by atoms with Gasteiger partial charge in [0, 0.05) is 12.3 Å². The van der Waals surface area contributed by atoms with Crippen LogP contribution in [0, 0.1) is 5.41 Å². The van der Waals surface area contributed by atoms with E-state index in [1.54, 1.807) is 6.20 Å². The zero-order valence-electron chi connectivity index (χ0n) is 7.20. The molecule has 0 atom stereocenters. The van der Waals surface area contributed by atoms with Crippen LogP contribution in [0.1, 0.15) is 19.5 Å². The molecule has 0 amide bonds. The van der Waals surface area contributed by atoms with Gasteiger partial charge in [-0.25, -0.2) is 9.97 Å². The monoisotopic (exact) mass is 164 g/mol. The van der Waals surface area contributed by atoms with Crippen LogP contribution in [0.25, 0.3) is 0 Å². The standard InChI is InChI=1S/C8H12N4/c1-6(2)12-8-4-10-5-11-7(8)3-9/h3-6,9,12H,1-2H3. The summed E-state index contributed by atoms with van der Waals surface area (Å²) < 4.78 is 0. The minimum Gasteiger partial charge on any atom is -0.380 e. The molecule has 64 valence electrons. The van der Waals surface area contributed by atoms with E-state index in [2.05, 4.69) is 15.3 Å². The highest BCUT2D eigenvalue weighted by molar-refractivity contribution is 5.82. The summed E-state index contributed by atoms with van der Waals surface area (Å²) in [6.45, 7) is 4.06. The van der Waals surface area contributed by atoms with Gasteiger partial charge in [-0.05, 0) is 13.8 Å². The van der Waals surface area contributed by atoms with E-state index in [1.165, 1.54) is 12.5 Å². The molecule has 0 fully saturated rings. The number of hydrogen-bond acceptors (Lipinski definition) is 4. The van der Waals surface area contributed by atoms with Gasteiger partial charge in [0.05, 0.1) is 11.9 Å². The van der Waals surface area contributed by atoms with Crippen LogP contribution in [0.5, 0.6) is 0 Å². The predicted molar refractivity (Wildman–Crippen MR) is 48.7 cm³/mol. The van der Waals surface area contributed by atoms with E-state index in [0.717, 1.165) is 5.69 Å². The summed E-state index contributed by atoms with van der Waals surface area (Å²) >= 11 is 0. The first-order valence-electron chi connectivity index (χ1n) is 3.81. The van der Waals surface area contributed by atoms with Crippen LogP contribution in [0.3, 0.4) is 0 Å². The summed E-state index contributed by atoms with van der Waals surface area (Å²) in [5.74, 6) is 0. The Morgan fingerprint density at radius 1 is 1.58 bits per heavy atom. The van der Waals surface area contributed by atoms with Crippen molar-refractivity contribution in [2.24, 2.45) is 0 Å². The van der Waals surface area contributed by atoms with Crippen LogP contribution < -0.4 is 5.32 Å². The molecule has 0 aliphatic carbocycles. The van der Waals surface area contributed by atoms with E-state index >= 15 is 0 Å². The fourth-order valence-electron chi connectivity index (χ4n) is 0.876. The average molecular weight is 164 g/mol. The van der Waals surface area contributed by atoms with Gasteiger partial charge in [0.1, 0.15) is 12.0 Å². The minimum atomic E-state index is 0.328. The van der Waals surface area contributed by atoms with E-state index in [4.69, 9.17) is 5.41 Å². The van der Waals surface area contributed by atoms with Crippen molar-refractivity contribution in [2.45, 2.75) is 19.9 Å². The lowest BCUT2D eigenvalue weighted by molar-refractivity contribution is 0.893. The van der Waals surface area contributed by atoms with Crippen molar-refractivity contribution in [3.8, 4) is 0 Å². The quantitative estimate of drug-likeness (QED) is 0.662. The van der Waals surface area contributed by atoms with Crippen molar-refractivity contribution in [2.75, 3.05) is 5.32 Å². The van der Waals surface area contributed by atoms with Gasteiger partial charge in [-0.15, -0.1) is 0 Å². The molecule has 4 heteroatoms. The lowest BCUT2D eigenvalue weighted by Crippen LogP contribution is -2.12. The highest BCUT2D eigenvalue weighted by Crippen LogP contribution is 2.08. The van der Waals surface area contributed by atoms with Gasteiger partial charge >= 0.3 is 0 Å². The van der Waals surface area contributed by atoms with Crippen LogP contribution in [0.4, 0.5) is 5.69 Å². The highest BCUT2D eigenvalue weighted by Gasteiger charge is 2.01. The maximum atomic E-state index is 7.07. The lowest BCUT2D eigenvalue weighted by Gasteiger charge is -2.10. The number of rotatable bonds is 3. The molecule has 0 radical (unpaired) electrons. The van der Waals surface area contributed by atoms with Gasteiger partial charge in [-0.3, -0.25) is 0 Å². The summed E-state index contributed by atoms with van der Waals surface area (Å²) in [4.78, 5) is 7.80. The Bertz CT molecular complexity index is 270. The van der Waals surface area contributed by atoms with Crippen LogP contribution in [-0.2, 0) is 0 Å². The molecule has 0 aliphatic rings. The highest BCUT2D eigenvalue weighted by atomic mass is 15.0. The molecule has 0 spiro atoms. The first-order chi connectivity index (χ1) is 5.74. The van der Waals surface area contributed by atoms with E-state index in [1.807, 2.05) is 13.8 Å². The largest absolute Gasteiger partial charge is 0.380 e. The Hall–Kier alpha value is -1.45. The Labute approximate surface area is 71.6 Å². The maximum Gasteiger partial charge on any atom is 0.116 e. The van der Waals surface area contributed by atoms with Crippen LogP contribution in [-0.4, -0.2) is 22.2 Å². The fraction of sp³-hybridized carbons (Fsp3) is 0.375. The SMILES string of the molecule is CC(C)Nc1cncnc1C=N. The number of nitrogens with zero attached hydrogens (tertiary/aromatic N) is 2. The number of hydrogen-bond donors (Lipinski definition) is 2. The first kappa shape index (κ1) is 8.64. The molecule has 1 rings (SSSR count). The van der Waals surface area contributed by atoms with Crippen molar-refractivity contribution < 1.29 is 0 Å². The summed E-state index contributed by atoms with van der Waals surface area (Å²) in [6, 6.07) is 0.328. The summed E-state index contributed by atoms with van der Waals surface area (Å²) in [5.41, 5.74) is 1.43. The molecule has 1 aromatic rings. The van der Waals surface area contributed by atoms with Gasteiger partial charge in [0.2, 0.25) is 0 Å². The Balaban J connectivity index is 2.89.